The molecule has 3 aliphatic rings. The normalized spacial score (nSPS) is 22.8. The Balaban J connectivity index is 1.63. The molecule has 150 valence electrons. The minimum Gasteiger partial charge on any atom is -0.467 e. The maximum Gasteiger partial charge on any atom is 0.331 e. The zero-order valence-electron chi connectivity index (χ0n) is 15.2. The summed E-state index contributed by atoms with van der Waals surface area (Å²) in [6.07, 6.45) is 1.78. The first kappa shape index (κ1) is 18.8. The van der Waals surface area contributed by atoms with Crippen molar-refractivity contribution in [3.05, 3.63) is 34.4 Å². The summed E-state index contributed by atoms with van der Waals surface area (Å²) in [7, 11) is -2.74. The summed E-state index contributed by atoms with van der Waals surface area (Å²) in [6, 6.07) is 4.61. The number of hydrogen-bond acceptors (Lipinski definition) is 7. The molecular formula is C17H19N3O7S. The van der Waals surface area contributed by atoms with Gasteiger partial charge < -0.3 is 9.64 Å². The van der Waals surface area contributed by atoms with Gasteiger partial charge in [-0.2, -0.15) is 4.31 Å². The second-order valence-electron chi connectivity index (χ2n) is 7.34. The SMILES string of the molecule is COC(=O)C1(N2CCN(S(=O)(=O)c3ccc([N+](=O)[O-])cc3)C3(CC3)C2=O)CC1. The Morgan fingerprint density at radius 2 is 1.75 bits per heavy atom. The van der Waals surface area contributed by atoms with Gasteiger partial charge in [0.1, 0.15) is 11.1 Å². The fourth-order valence-electron chi connectivity index (χ4n) is 3.96. The van der Waals surface area contributed by atoms with Gasteiger partial charge in [0.15, 0.2) is 0 Å². The number of rotatable bonds is 5. The molecule has 0 atom stereocenters. The van der Waals surface area contributed by atoms with E-state index in [4.69, 9.17) is 4.74 Å². The van der Waals surface area contributed by atoms with E-state index in [0.717, 1.165) is 12.1 Å². The van der Waals surface area contributed by atoms with Crippen LogP contribution in [0.15, 0.2) is 29.2 Å². The van der Waals surface area contributed by atoms with E-state index in [1.807, 2.05) is 0 Å². The molecule has 0 radical (unpaired) electrons. The van der Waals surface area contributed by atoms with Crippen LogP contribution in [-0.2, 0) is 24.3 Å². The minimum atomic E-state index is -4.01. The molecule has 1 aromatic rings. The van der Waals surface area contributed by atoms with Gasteiger partial charge in [-0.1, -0.05) is 0 Å². The molecule has 1 spiro atoms. The van der Waals surface area contributed by atoms with Crippen LogP contribution < -0.4 is 0 Å². The lowest BCUT2D eigenvalue weighted by Gasteiger charge is -2.43. The molecule has 28 heavy (non-hydrogen) atoms. The van der Waals surface area contributed by atoms with Gasteiger partial charge in [-0.15, -0.1) is 0 Å². The Bertz CT molecular complexity index is 965. The molecule has 1 aliphatic heterocycles. The Hall–Kier alpha value is -2.53. The third kappa shape index (κ3) is 2.53. The van der Waals surface area contributed by atoms with Crippen molar-refractivity contribution in [2.45, 2.75) is 41.7 Å². The molecule has 1 aromatic carbocycles. The van der Waals surface area contributed by atoms with Gasteiger partial charge in [-0.25, -0.2) is 13.2 Å². The first-order valence-electron chi connectivity index (χ1n) is 8.87. The van der Waals surface area contributed by atoms with Crippen LogP contribution in [0.2, 0.25) is 0 Å². The Morgan fingerprint density at radius 1 is 1.14 bits per heavy atom. The molecular weight excluding hydrogens is 390 g/mol. The lowest BCUT2D eigenvalue weighted by atomic mass is 10.1. The maximum atomic E-state index is 13.2. The number of amides is 1. The zero-order valence-corrected chi connectivity index (χ0v) is 16.0. The summed E-state index contributed by atoms with van der Waals surface area (Å²) < 4.78 is 32.3. The lowest BCUT2D eigenvalue weighted by molar-refractivity contribution is -0.384. The van der Waals surface area contributed by atoms with Crippen LogP contribution in [0, 0.1) is 10.1 Å². The molecule has 0 aromatic heterocycles. The highest BCUT2D eigenvalue weighted by Gasteiger charge is 2.68. The standard InChI is InChI=1S/C17H19N3O7S/c1-27-15(22)17(8-9-17)18-10-11-19(16(6-7-16)14(18)21)28(25,26)13-4-2-12(3-5-13)20(23)24/h2-5H,6-11H2,1H3. The molecule has 2 aliphatic carbocycles. The summed E-state index contributed by atoms with van der Waals surface area (Å²) in [5.74, 6) is -0.838. The van der Waals surface area contributed by atoms with Gasteiger partial charge in [0.2, 0.25) is 15.9 Å². The summed E-state index contributed by atoms with van der Waals surface area (Å²) >= 11 is 0. The van der Waals surface area contributed by atoms with Gasteiger partial charge in [0.25, 0.3) is 5.69 Å². The van der Waals surface area contributed by atoms with Crippen LogP contribution in [0.25, 0.3) is 0 Å². The first-order chi connectivity index (χ1) is 13.2. The molecule has 3 fully saturated rings. The quantitative estimate of drug-likeness (QED) is 0.397. The number of nitrogens with zero attached hydrogens (tertiary/aromatic N) is 3. The number of carbonyl (C=O) groups excluding carboxylic acids is 2. The van der Waals surface area contributed by atoms with Crippen molar-refractivity contribution >= 4 is 27.6 Å². The Kier molecular flexibility index (Phi) is 4.02. The van der Waals surface area contributed by atoms with Gasteiger partial charge >= 0.3 is 5.97 Å². The number of esters is 1. The van der Waals surface area contributed by atoms with Gasteiger partial charge in [-0.05, 0) is 37.8 Å². The first-order valence-corrected chi connectivity index (χ1v) is 10.3. The topological polar surface area (TPSA) is 127 Å². The van der Waals surface area contributed by atoms with Gasteiger partial charge in [0, 0.05) is 25.2 Å². The molecule has 11 heteroatoms. The Morgan fingerprint density at radius 3 is 2.21 bits per heavy atom. The number of nitro groups is 1. The van der Waals surface area contributed by atoms with Crippen molar-refractivity contribution in [3.8, 4) is 0 Å². The smallest absolute Gasteiger partial charge is 0.331 e. The number of benzene rings is 1. The van der Waals surface area contributed by atoms with Crippen LogP contribution in [0.3, 0.4) is 0 Å². The molecule has 4 rings (SSSR count). The highest BCUT2D eigenvalue weighted by atomic mass is 32.2. The summed E-state index contributed by atoms with van der Waals surface area (Å²) in [5.41, 5.74) is -2.36. The van der Waals surface area contributed by atoms with E-state index in [9.17, 15) is 28.1 Å². The predicted molar refractivity (Wildman–Crippen MR) is 94.6 cm³/mol. The monoisotopic (exact) mass is 409 g/mol. The molecule has 10 nitrogen and oxygen atoms in total. The number of carbonyl (C=O) groups is 2. The number of nitro benzene ring substituents is 1. The molecule has 2 saturated carbocycles. The average molecular weight is 409 g/mol. The third-order valence-electron chi connectivity index (χ3n) is 5.81. The van der Waals surface area contributed by atoms with Crippen LogP contribution in [0.4, 0.5) is 5.69 Å². The van der Waals surface area contributed by atoms with Gasteiger partial charge in [0.05, 0.1) is 16.9 Å². The average Bonchev–Trinajstić information content (AvgIpc) is 3.59. The van der Waals surface area contributed by atoms with E-state index in [1.165, 1.54) is 28.4 Å². The lowest BCUT2D eigenvalue weighted by Crippen LogP contribution is -2.64. The number of non-ortho nitro benzene ring substituents is 1. The molecule has 0 unspecified atom stereocenters. The third-order valence-corrected chi connectivity index (χ3v) is 7.79. The zero-order chi connectivity index (χ0) is 20.3. The van der Waals surface area contributed by atoms with Crippen molar-refractivity contribution < 1.29 is 27.7 Å². The highest BCUT2D eigenvalue weighted by molar-refractivity contribution is 7.89. The number of methoxy groups -OCH3 is 1. The van der Waals surface area contributed by atoms with Crippen molar-refractivity contribution in [1.29, 1.82) is 0 Å². The minimum absolute atomic E-state index is 0.0593. The number of ether oxygens (including phenoxy) is 1. The summed E-state index contributed by atoms with van der Waals surface area (Å²) in [4.78, 5) is 36.9. The second kappa shape index (κ2) is 5.98. The molecule has 1 amide bonds. The predicted octanol–water partition coefficient (Wildman–Crippen LogP) is 0.666. The van der Waals surface area contributed by atoms with E-state index in [2.05, 4.69) is 0 Å². The van der Waals surface area contributed by atoms with Crippen molar-refractivity contribution in [2.24, 2.45) is 0 Å². The van der Waals surface area contributed by atoms with Crippen molar-refractivity contribution in [1.82, 2.24) is 9.21 Å². The largest absolute Gasteiger partial charge is 0.467 e. The number of piperazine rings is 1. The van der Waals surface area contributed by atoms with E-state index >= 15 is 0 Å². The number of hydrogen-bond donors (Lipinski definition) is 0. The molecule has 0 bridgehead atoms. The van der Waals surface area contributed by atoms with Gasteiger partial charge in [-0.3, -0.25) is 14.9 Å². The number of sulfonamides is 1. The van der Waals surface area contributed by atoms with Crippen molar-refractivity contribution in [2.75, 3.05) is 20.2 Å². The van der Waals surface area contributed by atoms with E-state index in [1.54, 1.807) is 0 Å². The Labute approximate surface area is 161 Å². The van der Waals surface area contributed by atoms with Crippen molar-refractivity contribution in [3.63, 3.8) is 0 Å². The highest BCUT2D eigenvalue weighted by Crippen LogP contribution is 2.52. The maximum absolute atomic E-state index is 13.2. The van der Waals surface area contributed by atoms with Crippen LogP contribution in [0.5, 0.6) is 0 Å². The van der Waals surface area contributed by atoms with E-state index in [-0.39, 0.29) is 29.6 Å². The van der Waals surface area contributed by atoms with E-state index in [0.29, 0.717) is 25.7 Å². The second-order valence-corrected chi connectivity index (χ2v) is 9.20. The summed E-state index contributed by atoms with van der Waals surface area (Å²) in [6.45, 7) is 0.158. The fraction of sp³-hybridized carbons (Fsp3) is 0.529. The van der Waals surface area contributed by atoms with Crippen LogP contribution in [0.1, 0.15) is 25.7 Å². The summed E-state index contributed by atoms with van der Waals surface area (Å²) in [5, 5.41) is 10.8. The molecule has 0 N–H and O–H groups in total. The van der Waals surface area contributed by atoms with E-state index < -0.39 is 32.0 Å². The van der Waals surface area contributed by atoms with Crippen LogP contribution >= 0.6 is 0 Å². The fourth-order valence-corrected chi connectivity index (χ4v) is 5.74. The molecule has 1 heterocycles. The van der Waals surface area contributed by atoms with Crippen LogP contribution in [-0.4, -0.2) is 65.7 Å². The molecule has 1 saturated heterocycles.